The number of carbonyl (C=O) groups is 2. The van der Waals surface area contributed by atoms with E-state index in [1.165, 1.54) is 7.11 Å². The van der Waals surface area contributed by atoms with E-state index in [0.29, 0.717) is 32.8 Å². The smallest absolute Gasteiger partial charge is 0.338 e. The Morgan fingerprint density at radius 1 is 1.31 bits per heavy atom. The van der Waals surface area contributed by atoms with Crippen molar-refractivity contribution in [2.75, 3.05) is 13.7 Å². The summed E-state index contributed by atoms with van der Waals surface area (Å²) in [5, 5.41) is 5.38. The average molecular weight is 427 g/mol. The lowest BCUT2D eigenvalue weighted by Gasteiger charge is -2.29. The van der Waals surface area contributed by atoms with Crippen LogP contribution in [0.15, 0.2) is 27.9 Å². The quantitative estimate of drug-likeness (QED) is 0.680. The number of nitrogens with one attached hydrogen (secondary N) is 2. The van der Waals surface area contributed by atoms with Crippen LogP contribution in [-0.2, 0) is 9.53 Å². The van der Waals surface area contributed by atoms with E-state index >= 15 is 0 Å². The van der Waals surface area contributed by atoms with Gasteiger partial charge in [-0.2, -0.15) is 0 Å². The lowest BCUT2D eigenvalue weighted by Crippen LogP contribution is -2.45. The molecule has 7 nitrogen and oxygen atoms in total. The molecular formula is C18H23BrN2O5. The van der Waals surface area contributed by atoms with E-state index in [4.69, 9.17) is 14.2 Å². The number of halogens is 1. The van der Waals surface area contributed by atoms with Gasteiger partial charge in [-0.05, 0) is 45.4 Å². The summed E-state index contributed by atoms with van der Waals surface area (Å²) in [5.41, 5.74) is 1.45. The number of allylic oxidation sites excluding steroid dienone is 1. The Morgan fingerprint density at radius 3 is 2.58 bits per heavy atom. The molecule has 0 aliphatic carbocycles. The van der Waals surface area contributed by atoms with Crippen molar-refractivity contribution >= 4 is 27.9 Å². The summed E-state index contributed by atoms with van der Waals surface area (Å²) in [6, 6.07) is 2.43. The maximum absolute atomic E-state index is 12.4. The molecule has 0 radical (unpaired) electrons. The van der Waals surface area contributed by atoms with Crippen LogP contribution in [0, 0.1) is 0 Å². The van der Waals surface area contributed by atoms with Gasteiger partial charge in [0.1, 0.15) is 0 Å². The first-order chi connectivity index (χ1) is 12.3. The molecule has 2 N–H and O–H groups in total. The maximum atomic E-state index is 12.4. The molecule has 8 heteroatoms. The molecular weight excluding hydrogens is 404 g/mol. The van der Waals surface area contributed by atoms with Gasteiger partial charge in [-0.1, -0.05) is 15.9 Å². The lowest BCUT2D eigenvalue weighted by atomic mass is 9.95. The number of hydrogen-bond acceptors (Lipinski definition) is 5. The number of carbonyl (C=O) groups excluding carboxylic acids is 2. The number of methoxy groups -OCH3 is 1. The Bertz CT molecular complexity index is 745. The largest absolute Gasteiger partial charge is 0.493 e. The summed E-state index contributed by atoms with van der Waals surface area (Å²) >= 11 is 3.51. The van der Waals surface area contributed by atoms with Gasteiger partial charge in [0.05, 0.1) is 31.4 Å². The molecule has 2 rings (SSSR count). The molecule has 0 fully saturated rings. The van der Waals surface area contributed by atoms with E-state index in [2.05, 4.69) is 26.6 Å². The normalized spacial score (nSPS) is 16.9. The van der Waals surface area contributed by atoms with Crippen molar-refractivity contribution in [3.8, 4) is 11.5 Å². The third-order valence-corrected chi connectivity index (χ3v) is 4.41. The molecule has 1 aromatic rings. The molecule has 1 atom stereocenters. The van der Waals surface area contributed by atoms with Crippen LogP contribution in [0.4, 0.5) is 4.79 Å². The molecule has 142 valence electrons. The van der Waals surface area contributed by atoms with Crippen LogP contribution in [0.2, 0.25) is 0 Å². The Labute approximate surface area is 161 Å². The predicted octanol–water partition coefficient (Wildman–Crippen LogP) is 3.44. The molecule has 0 aromatic heterocycles. The van der Waals surface area contributed by atoms with Crippen molar-refractivity contribution in [1.29, 1.82) is 0 Å². The topological polar surface area (TPSA) is 85.9 Å². The number of esters is 1. The van der Waals surface area contributed by atoms with Crippen LogP contribution < -0.4 is 20.1 Å². The van der Waals surface area contributed by atoms with Crippen LogP contribution in [-0.4, -0.2) is 31.8 Å². The van der Waals surface area contributed by atoms with Crippen molar-refractivity contribution in [3.63, 3.8) is 0 Å². The highest BCUT2D eigenvalue weighted by atomic mass is 79.9. The molecule has 0 saturated carbocycles. The minimum atomic E-state index is -0.681. The van der Waals surface area contributed by atoms with E-state index in [-0.39, 0.29) is 12.7 Å². The first kappa shape index (κ1) is 20.1. The van der Waals surface area contributed by atoms with E-state index in [1.54, 1.807) is 26.0 Å². The molecule has 1 aromatic carbocycles. The van der Waals surface area contributed by atoms with Gasteiger partial charge in [-0.3, -0.25) is 0 Å². The highest BCUT2D eigenvalue weighted by Gasteiger charge is 2.34. The first-order valence-corrected chi connectivity index (χ1v) is 9.07. The highest BCUT2D eigenvalue weighted by molar-refractivity contribution is 9.10. The van der Waals surface area contributed by atoms with Crippen molar-refractivity contribution in [2.24, 2.45) is 0 Å². The lowest BCUT2D eigenvalue weighted by molar-refractivity contribution is -0.139. The zero-order valence-corrected chi connectivity index (χ0v) is 17.0. The van der Waals surface area contributed by atoms with Crippen LogP contribution in [0.1, 0.15) is 39.3 Å². The fraction of sp³-hybridized carbons (Fsp3) is 0.444. The minimum absolute atomic E-state index is 0.0301. The Hall–Kier alpha value is -2.22. The molecule has 2 amide bonds. The Kier molecular flexibility index (Phi) is 6.52. The van der Waals surface area contributed by atoms with Gasteiger partial charge < -0.3 is 24.8 Å². The van der Waals surface area contributed by atoms with Gasteiger partial charge in [0, 0.05) is 10.2 Å². The standard InChI is InChI=1S/C18H23BrN2O5/c1-6-25-17(22)15-10(4)20-18(23)21-16(15)11-7-13(24-5)14(8-12(11)19)26-9(2)3/h7-9,16H,6H2,1-5H3,(H2,20,21,23)/t16-/m1/s1. The zero-order chi connectivity index (χ0) is 19.4. The molecule has 1 aliphatic rings. The van der Waals surface area contributed by atoms with Gasteiger partial charge >= 0.3 is 12.0 Å². The van der Waals surface area contributed by atoms with Crippen LogP contribution in [0.25, 0.3) is 0 Å². The number of ether oxygens (including phenoxy) is 3. The van der Waals surface area contributed by atoms with E-state index in [9.17, 15) is 9.59 Å². The summed E-state index contributed by atoms with van der Waals surface area (Å²) < 4.78 is 17.0. The monoisotopic (exact) mass is 426 g/mol. The molecule has 0 saturated heterocycles. The van der Waals surface area contributed by atoms with Crippen LogP contribution in [0.5, 0.6) is 11.5 Å². The molecule has 26 heavy (non-hydrogen) atoms. The van der Waals surface area contributed by atoms with Crippen LogP contribution in [0.3, 0.4) is 0 Å². The van der Waals surface area contributed by atoms with Crippen molar-refractivity contribution in [3.05, 3.63) is 33.4 Å². The van der Waals surface area contributed by atoms with Gasteiger partial charge in [0.25, 0.3) is 0 Å². The summed E-state index contributed by atoms with van der Waals surface area (Å²) in [4.78, 5) is 24.4. The van der Waals surface area contributed by atoms with Crippen molar-refractivity contribution in [1.82, 2.24) is 10.6 Å². The number of benzene rings is 1. The molecule has 0 spiro atoms. The van der Waals surface area contributed by atoms with Crippen molar-refractivity contribution in [2.45, 2.75) is 39.8 Å². The summed E-state index contributed by atoms with van der Waals surface area (Å²) in [5.74, 6) is 0.582. The fourth-order valence-electron chi connectivity index (χ4n) is 2.68. The average Bonchev–Trinajstić information content (AvgIpc) is 2.53. The van der Waals surface area contributed by atoms with Gasteiger partial charge in [0.2, 0.25) is 0 Å². The number of hydrogen-bond donors (Lipinski definition) is 2. The third kappa shape index (κ3) is 4.30. The minimum Gasteiger partial charge on any atom is -0.493 e. The zero-order valence-electron chi connectivity index (χ0n) is 15.4. The Balaban J connectivity index is 2.54. The summed E-state index contributed by atoms with van der Waals surface area (Å²) in [6.07, 6.45) is -0.0301. The number of urea groups is 1. The van der Waals surface area contributed by atoms with Gasteiger partial charge in [-0.15, -0.1) is 0 Å². The SMILES string of the molecule is CCOC(=O)C1=C(C)NC(=O)N[C@@H]1c1cc(OC)c(OC(C)C)cc1Br. The second-order valence-corrected chi connectivity index (χ2v) is 6.84. The third-order valence-electron chi connectivity index (χ3n) is 3.72. The maximum Gasteiger partial charge on any atom is 0.338 e. The molecule has 0 unspecified atom stereocenters. The van der Waals surface area contributed by atoms with Gasteiger partial charge in [0.15, 0.2) is 11.5 Å². The second kappa shape index (κ2) is 8.44. The Morgan fingerprint density at radius 2 is 2.00 bits per heavy atom. The molecule has 1 aliphatic heterocycles. The predicted molar refractivity (Wildman–Crippen MR) is 100 cm³/mol. The van der Waals surface area contributed by atoms with E-state index < -0.39 is 18.0 Å². The van der Waals surface area contributed by atoms with E-state index in [0.717, 1.165) is 0 Å². The van der Waals surface area contributed by atoms with Crippen molar-refractivity contribution < 1.29 is 23.8 Å². The summed E-state index contributed by atoms with van der Waals surface area (Å²) in [7, 11) is 1.54. The number of amides is 2. The molecule has 1 heterocycles. The second-order valence-electron chi connectivity index (χ2n) is 5.98. The van der Waals surface area contributed by atoms with E-state index in [1.807, 2.05) is 13.8 Å². The summed E-state index contributed by atoms with van der Waals surface area (Å²) in [6.45, 7) is 7.47. The fourth-order valence-corrected chi connectivity index (χ4v) is 3.24. The number of rotatable bonds is 6. The van der Waals surface area contributed by atoms with Gasteiger partial charge in [-0.25, -0.2) is 9.59 Å². The highest BCUT2D eigenvalue weighted by Crippen LogP contribution is 2.40. The first-order valence-electron chi connectivity index (χ1n) is 8.27. The van der Waals surface area contributed by atoms with Crippen LogP contribution >= 0.6 is 15.9 Å². The molecule has 0 bridgehead atoms.